The van der Waals surface area contributed by atoms with Crippen molar-refractivity contribution >= 4 is 5.97 Å². The van der Waals surface area contributed by atoms with Crippen LogP contribution in [0.5, 0.6) is 0 Å². The molecule has 3 atom stereocenters. The van der Waals surface area contributed by atoms with Gasteiger partial charge in [0.15, 0.2) is 0 Å². The van der Waals surface area contributed by atoms with Gasteiger partial charge in [-0.3, -0.25) is 4.79 Å². The Morgan fingerprint density at radius 2 is 1.95 bits per heavy atom. The fraction of sp³-hybridized carbons (Fsp3) is 0.562. The van der Waals surface area contributed by atoms with Crippen LogP contribution in [0.2, 0.25) is 0 Å². The maximum Gasteiger partial charge on any atom is 0.309 e. The largest absolute Gasteiger partial charge is 0.461 e. The molecule has 1 aromatic rings. The Bertz CT molecular complexity index is 469. The molecule has 102 valence electrons. The number of hydrogen-bond acceptors (Lipinski definition) is 3. The minimum Gasteiger partial charge on any atom is -0.461 e. The van der Waals surface area contributed by atoms with Crippen molar-refractivity contribution in [3.63, 3.8) is 0 Å². The minimum atomic E-state index is -0.0382. The quantitative estimate of drug-likeness (QED) is 0.767. The van der Waals surface area contributed by atoms with E-state index in [-0.39, 0.29) is 11.9 Å². The van der Waals surface area contributed by atoms with Gasteiger partial charge in [-0.15, -0.1) is 0 Å². The standard InChI is InChI=1S/C16H20O3/c1-2-5-13-14-10-18-8-11-6-3-4-7-12(11)9-19-16(17)15(13)14/h3-4,6-7,13-15H,2,5,8-10H2,1H3/t13-,14+,15-/m1/s1. The fourth-order valence-corrected chi connectivity index (χ4v) is 3.14. The zero-order valence-electron chi connectivity index (χ0n) is 11.3. The van der Waals surface area contributed by atoms with Crippen LogP contribution < -0.4 is 0 Å². The summed E-state index contributed by atoms with van der Waals surface area (Å²) in [4.78, 5) is 12.1. The molecule has 1 fully saturated rings. The van der Waals surface area contributed by atoms with E-state index in [1.807, 2.05) is 24.3 Å². The molecular weight excluding hydrogens is 240 g/mol. The number of rotatable bonds is 2. The average molecular weight is 260 g/mol. The van der Waals surface area contributed by atoms with Crippen molar-refractivity contribution in [1.29, 1.82) is 0 Å². The van der Waals surface area contributed by atoms with Crippen LogP contribution in [-0.2, 0) is 27.5 Å². The smallest absolute Gasteiger partial charge is 0.309 e. The lowest BCUT2D eigenvalue weighted by Crippen LogP contribution is -2.13. The third-order valence-corrected chi connectivity index (χ3v) is 4.28. The van der Waals surface area contributed by atoms with Gasteiger partial charge in [0.2, 0.25) is 0 Å². The lowest BCUT2D eigenvalue weighted by Gasteiger charge is -2.12. The number of esters is 1. The molecule has 0 saturated heterocycles. The first-order valence-electron chi connectivity index (χ1n) is 7.12. The molecule has 19 heavy (non-hydrogen) atoms. The Balaban J connectivity index is 1.74. The number of carbonyl (C=O) groups is 1. The molecule has 1 aliphatic heterocycles. The lowest BCUT2D eigenvalue weighted by atomic mass is 10.1. The summed E-state index contributed by atoms with van der Waals surface area (Å²) in [7, 11) is 0. The third kappa shape index (κ3) is 2.52. The molecule has 1 heterocycles. The van der Waals surface area contributed by atoms with Crippen LogP contribution in [0.15, 0.2) is 24.3 Å². The fourth-order valence-electron chi connectivity index (χ4n) is 3.14. The number of cyclic esters (lactones) is 1. The number of benzene rings is 1. The molecule has 1 aliphatic carbocycles. The number of ether oxygens (including phenoxy) is 2. The van der Waals surface area contributed by atoms with Crippen molar-refractivity contribution < 1.29 is 14.3 Å². The maximum absolute atomic E-state index is 12.1. The summed E-state index contributed by atoms with van der Waals surface area (Å²) in [6.45, 7) is 3.83. The zero-order chi connectivity index (χ0) is 13.2. The predicted molar refractivity (Wildman–Crippen MR) is 71.3 cm³/mol. The topological polar surface area (TPSA) is 35.5 Å². The van der Waals surface area contributed by atoms with Crippen molar-refractivity contribution in [3.8, 4) is 0 Å². The zero-order valence-corrected chi connectivity index (χ0v) is 11.3. The van der Waals surface area contributed by atoms with Crippen LogP contribution >= 0.6 is 0 Å². The molecule has 0 spiro atoms. The van der Waals surface area contributed by atoms with Gasteiger partial charge in [-0.25, -0.2) is 0 Å². The van der Waals surface area contributed by atoms with E-state index in [2.05, 4.69) is 6.92 Å². The molecule has 0 N–H and O–H groups in total. The van der Waals surface area contributed by atoms with Crippen LogP contribution in [0.4, 0.5) is 0 Å². The van der Waals surface area contributed by atoms with Gasteiger partial charge in [0.1, 0.15) is 6.61 Å². The highest BCUT2D eigenvalue weighted by atomic mass is 16.5. The van der Waals surface area contributed by atoms with E-state index >= 15 is 0 Å². The van der Waals surface area contributed by atoms with Gasteiger partial charge in [0.05, 0.1) is 19.1 Å². The molecule has 0 bridgehead atoms. The molecule has 1 saturated carbocycles. The Morgan fingerprint density at radius 3 is 2.68 bits per heavy atom. The number of hydrogen-bond donors (Lipinski definition) is 0. The molecule has 0 radical (unpaired) electrons. The first kappa shape index (κ1) is 12.7. The predicted octanol–water partition coefficient (Wildman–Crippen LogP) is 2.92. The third-order valence-electron chi connectivity index (χ3n) is 4.28. The molecule has 3 rings (SSSR count). The molecule has 2 aliphatic rings. The molecule has 0 amide bonds. The van der Waals surface area contributed by atoms with Crippen molar-refractivity contribution in [1.82, 2.24) is 0 Å². The Kier molecular flexibility index (Phi) is 3.56. The second-order valence-corrected chi connectivity index (χ2v) is 5.53. The Labute approximate surface area is 113 Å². The summed E-state index contributed by atoms with van der Waals surface area (Å²) in [5.74, 6) is 0.880. The van der Waals surface area contributed by atoms with Crippen molar-refractivity contribution in [2.24, 2.45) is 17.8 Å². The van der Waals surface area contributed by atoms with Crippen LogP contribution in [0, 0.1) is 17.8 Å². The molecule has 0 unspecified atom stereocenters. The summed E-state index contributed by atoms with van der Waals surface area (Å²) in [6, 6.07) is 8.01. The van der Waals surface area contributed by atoms with Gasteiger partial charge in [-0.05, 0) is 29.4 Å². The van der Waals surface area contributed by atoms with Crippen molar-refractivity contribution in [3.05, 3.63) is 35.4 Å². The summed E-state index contributed by atoms with van der Waals surface area (Å²) >= 11 is 0. The van der Waals surface area contributed by atoms with E-state index in [4.69, 9.17) is 9.47 Å². The van der Waals surface area contributed by atoms with Crippen LogP contribution in [0.3, 0.4) is 0 Å². The van der Waals surface area contributed by atoms with Crippen LogP contribution in [-0.4, -0.2) is 12.6 Å². The Hall–Kier alpha value is -1.35. The average Bonchev–Trinajstić information content (AvgIpc) is 3.11. The summed E-state index contributed by atoms with van der Waals surface area (Å²) < 4.78 is 11.3. The van der Waals surface area contributed by atoms with Crippen molar-refractivity contribution in [2.45, 2.75) is 33.0 Å². The van der Waals surface area contributed by atoms with Gasteiger partial charge >= 0.3 is 5.97 Å². The van der Waals surface area contributed by atoms with Gasteiger partial charge < -0.3 is 9.47 Å². The number of fused-ring (bicyclic) bond motifs is 2. The van der Waals surface area contributed by atoms with E-state index in [1.54, 1.807) is 0 Å². The molecule has 3 nitrogen and oxygen atoms in total. The number of carbonyl (C=O) groups excluding carboxylic acids is 1. The van der Waals surface area contributed by atoms with Crippen LogP contribution in [0.25, 0.3) is 0 Å². The maximum atomic E-state index is 12.1. The van der Waals surface area contributed by atoms with E-state index in [0.29, 0.717) is 31.7 Å². The van der Waals surface area contributed by atoms with Gasteiger partial charge in [0, 0.05) is 0 Å². The SMILES string of the molecule is CCC[C@@H]1[C@@H]2COCc3ccccc3COC(=O)[C@H]12. The van der Waals surface area contributed by atoms with E-state index in [9.17, 15) is 4.79 Å². The highest BCUT2D eigenvalue weighted by molar-refractivity contribution is 5.76. The second-order valence-electron chi connectivity index (χ2n) is 5.53. The first-order valence-corrected chi connectivity index (χ1v) is 7.12. The van der Waals surface area contributed by atoms with Gasteiger partial charge in [0.25, 0.3) is 0 Å². The van der Waals surface area contributed by atoms with E-state index in [1.165, 1.54) is 0 Å². The molecule has 0 aromatic heterocycles. The van der Waals surface area contributed by atoms with Gasteiger partial charge in [-0.1, -0.05) is 37.6 Å². The highest BCUT2D eigenvalue weighted by Gasteiger charge is 2.54. The first-order chi connectivity index (χ1) is 9.31. The normalized spacial score (nSPS) is 29.9. The Morgan fingerprint density at radius 1 is 1.21 bits per heavy atom. The van der Waals surface area contributed by atoms with Crippen molar-refractivity contribution in [2.75, 3.05) is 6.61 Å². The summed E-state index contributed by atoms with van der Waals surface area (Å²) in [5, 5.41) is 0. The molecule has 1 aromatic carbocycles. The minimum absolute atomic E-state index is 0.0382. The second kappa shape index (κ2) is 5.33. The van der Waals surface area contributed by atoms with Gasteiger partial charge in [-0.2, -0.15) is 0 Å². The summed E-state index contributed by atoms with van der Waals surface area (Å²) in [5.41, 5.74) is 2.18. The van der Waals surface area contributed by atoms with E-state index in [0.717, 1.165) is 24.0 Å². The highest BCUT2D eigenvalue weighted by Crippen LogP contribution is 2.50. The van der Waals surface area contributed by atoms with Crippen LogP contribution in [0.1, 0.15) is 30.9 Å². The lowest BCUT2D eigenvalue weighted by molar-refractivity contribution is -0.147. The van der Waals surface area contributed by atoms with E-state index < -0.39 is 0 Å². The summed E-state index contributed by atoms with van der Waals surface area (Å²) in [6.07, 6.45) is 2.21. The molecular formula is C16H20O3. The monoisotopic (exact) mass is 260 g/mol. The molecule has 3 heteroatoms.